The topological polar surface area (TPSA) is 116 Å². The third-order valence-corrected chi connectivity index (χ3v) is 9.30. The van der Waals surface area contributed by atoms with E-state index in [0.29, 0.717) is 37.7 Å². The van der Waals surface area contributed by atoms with E-state index in [1.807, 2.05) is 6.92 Å². The average molecular weight is 623 g/mol. The molecule has 44 heavy (non-hydrogen) atoms. The van der Waals surface area contributed by atoms with Gasteiger partial charge in [-0.15, -0.1) is 0 Å². The second kappa shape index (κ2) is 24.0. The van der Waals surface area contributed by atoms with Gasteiger partial charge in [-0.05, 0) is 77.2 Å². The number of allylic oxidation sites excluding steroid dienone is 2. The van der Waals surface area contributed by atoms with E-state index >= 15 is 0 Å². The van der Waals surface area contributed by atoms with Crippen molar-refractivity contribution < 1.29 is 34.7 Å². The lowest BCUT2D eigenvalue weighted by Gasteiger charge is -2.22. The molecule has 2 heterocycles. The molecular formula is C37H66O7. The third kappa shape index (κ3) is 17.4. The van der Waals surface area contributed by atoms with Gasteiger partial charge in [0.05, 0.1) is 36.6 Å². The van der Waals surface area contributed by atoms with Crippen LogP contribution in [-0.2, 0) is 14.3 Å². The molecule has 0 spiro atoms. The number of aliphatic hydroxyl groups excluding tert-OH is 4. The van der Waals surface area contributed by atoms with E-state index in [1.165, 1.54) is 64.2 Å². The summed E-state index contributed by atoms with van der Waals surface area (Å²) in [6, 6.07) is 0. The van der Waals surface area contributed by atoms with Gasteiger partial charge in [0, 0.05) is 12.0 Å². The number of aliphatic hydroxyl groups is 4. The van der Waals surface area contributed by atoms with Crippen LogP contribution in [-0.4, -0.2) is 69.1 Å². The first-order valence-electron chi connectivity index (χ1n) is 18.2. The Morgan fingerprint density at radius 2 is 1.41 bits per heavy atom. The summed E-state index contributed by atoms with van der Waals surface area (Å²) in [6.07, 6.45) is 26.3. The van der Waals surface area contributed by atoms with Gasteiger partial charge >= 0.3 is 5.97 Å². The Labute approximate surface area is 268 Å². The summed E-state index contributed by atoms with van der Waals surface area (Å²) in [5.74, 6) is -0.310. The molecule has 0 aromatic heterocycles. The first-order chi connectivity index (χ1) is 21.3. The van der Waals surface area contributed by atoms with Crippen LogP contribution in [0, 0.1) is 0 Å². The Morgan fingerprint density at radius 1 is 0.773 bits per heavy atom. The minimum atomic E-state index is -0.827. The predicted molar refractivity (Wildman–Crippen MR) is 177 cm³/mol. The Kier molecular flexibility index (Phi) is 21.2. The maximum atomic E-state index is 11.7. The first kappa shape index (κ1) is 38.9. The summed E-state index contributed by atoms with van der Waals surface area (Å²) in [6.45, 7) is 4.08. The zero-order valence-corrected chi connectivity index (χ0v) is 28.1. The summed E-state index contributed by atoms with van der Waals surface area (Å²) in [5.41, 5.74) is 0.582. The molecule has 2 aliphatic rings. The highest BCUT2D eigenvalue weighted by atomic mass is 16.5. The van der Waals surface area contributed by atoms with Crippen LogP contribution >= 0.6 is 0 Å². The van der Waals surface area contributed by atoms with Crippen molar-refractivity contribution in [3.8, 4) is 0 Å². The molecule has 2 rings (SSSR count). The molecule has 0 aromatic carbocycles. The molecule has 0 bridgehead atoms. The molecule has 0 saturated carbocycles. The second-order valence-corrected chi connectivity index (χ2v) is 13.5. The summed E-state index contributed by atoms with van der Waals surface area (Å²) >= 11 is 0. The summed E-state index contributed by atoms with van der Waals surface area (Å²) in [5, 5.41) is 41.6. The largest absolute Gasteiger partial charge is 0.455 e. The fraction of sp³-hybridized carbons (Fsp3) is 0.865. The van der Waals surface area contributed by atoms with Crippen LogP contribution in [0.2, 0.25) is 0 Å². The molecule has 7 nitrogen and oxygen atoms in total. The molecule has 0 aromatic rings. The SMILES string of the molecule is CCCCCCCCCCCCC=CCC[C@H](O)[C@H](O)CC[C@H](O)[C@H]1CC[C@@H](CCCCC[C@H](O)CC2=C[C@@H](C)OC2=O)O1. The zero-order valence-electron chi connectivity index (χ0n) is 28.1. The highest BCUT2D eigenvalue weighted by Gasteiger charge is 2.31. The lowest BCUT2D eigenvalue weighted by Crippen LogP contribution is -2.31. The minimum Gasteiger partial charge on any atom is -0.455 e. The lowest BCUT2D eigenvalue weighted by atomic mass is 9.98. The number of carbonyl (C=O) groups is 1. The van der Waals surface area contributed by atoms with E-state index < -0.39 is 24.4 Å². The van der Waals surface area contributed by atoms with E-state index in [2.05, 4.69) is 19.1 Å². The summed E-state index contributed by atoms with van der Waals surface area (Å²) in [7, 11) is 0. The van der Waals surface area contributed by atoms with Gasteiger partial charge in [0.15, 0.2) is 0 Å². The van der Waals surface area contributed by atoms with Gasteiger partial charge in [-0.3, -0.25) is 0 Å². The summed E-state index contributed by atoms with van der Waals surface area (Å²) in [4.78, 5) is 11.7. The number of cyclic esters (lactones) is 1. The molecule has 1 fully saturated rings. The predicted octanol–water partition coefficient (Wildman–Crippen LogP) is 7.62. The van der Waals surface area contributed by atoms with E-state index in [-0.39, 0.29) is 24.3 Å². The van der Waals surface area contributed by atoms with Gasteiger partial charge in [0.25, 0.3) is 0 Å². The molecule has 0 amide bonds. The van der Waals surface area contributed by atoms with Gasteiger partial charge in [-0.2, -0.15) is 0 Å². The lowest BCUT2D eigenvalue weighted by molar-refractivity contribution is -0.139. The van der Waals surface area contributed by atoms with Crippen LogP contribution in [0.1, 0.15) is 162 Å². The van der Waals surface area contributed by atoms with Crippen LogP contribution in [0.3, 0.4) is 0 Å². The summed E-state index contributed by atoms with van der Waals surface area (Å²) < 4.78 is 11.2. The molecule has 7 atom stereocenters. The van der Waals surface area contributed by atoms with Crippen LogP contribution in [0.4, 0.5) is 0 Å². The van der Waals surface area contributed by atoms with E-state index in [9.17, 15) is 25.2 Å². The Morgan fingerprint density at radius 3 is 2.09 bits per heavy atom. The van der Waals surface area contributed by atoms with E-state index in [1.54, 1.807) is 6.08 Å². The Bertz CT molecular complexity index is 797. The van der Waals surface area contributed by atoms with Crippen LogP contribution in [0.15, 0.2) is 23.8 Å². The minimum absolute atomic E-state index is 0.141. The maximum absolute atomic E-state index is 11.7. The Balaban J connectivity index is 1.43. The maximum Gasteiger partial charge on any atom is 0.334 e. The average Bonchev–Trinajstić information content (AvgIpc) is 3.60. The molecule has 2 aliphatic heterocycles. The van der Waals surface area contributed by atoms with Crippen molar-refractivity contribution in [2.45, 2.75) is 204 Å². The molecule has 0 unspecified atom stereocenters. The second-order valence-electron chi connectivity index (χ2n) is 13.5. The first-order valence-corrected chi connectivity index (χ1v) is 18.2. The van der Waals surface area contributed by atoms with Crippen molar-refractivity contribution in [2.75, 3.05) is 0 Å². The molecule has 256 valence electrons. The van der Waals surface area contributed by atoms with Crippen LogP contribution in [0.5, 0.6) is 0 Å². The Hall–Kier alpha value is -1.25. The highest BCUT2D eigenvalue weighted by Crippen LogP contribution is 2.28. The van der Waals surface area contributed by atoms with E-state index in [0.717, 1.165) is 51.4 Å². The third-order valence-electron chi connectivity index (χ3n) is 9.30. The number of esters is 1. The van der Waals surface area contributed by atoms with Crippen molar-refractivity contribution in [1.29, 1.82) is 0 Å². The van der Waals surface area contributed by atoms with Gasteiger partial charge in [0.2, 0.25) is 0 Å². The van der Waals surface area contributed by atoms with Crippen LogP contribution < -0.4 is 0 Å². The van der Waals surface area contributed by atoms with Gasteiger partial charge in [0.1, 0.15) is 6.10 Å². The fourth-order valence-electron chi connectivity index (χ4n) is 6.46. The van der Waals surface area contributed by atoms with E-state index in [4.69, 9.17) is 9.47 Å². The number of ether oxygens (including phenoxy) is 2. The smallest absolute Gasteiger partial charge is 0.334 e. The van der Waals surface area contributed by atoms with Crippen molar-refractivity contribution in [3.63, 3.8) is 0 Å². The number of unbranched alkanes of at least 4 members (excludes halogenated alkanes) is 12. The number of carbonyl (C=O) groups excluding carboxylic acids is 1. The van der Waals surface area contributed by atoms with Gasteiger partial charge in [-0.25, -0.2) is 4.79 Å². The number of hydrogen-bond donors (Lipinski definition) is 4. The normalized spacial score (nSPS) is 23.2. The zero-order chi connectivity index (χ0) is 32.0. The van der Waals surface area contributed by atoms with Gasteiger partial charge < -0.3 is 29.9 Å². The van der Waals surface area contributed by atoms with Crippen molar-refractivity contribution in [2.24, 2.45) is 0 Å². The monoisotopic (exact) mass is 622 g/mol. The number of hydrogen-bond acceptors (Lipinski definition) is 7. The molecule has 4 N–H and O–H groups in total. The molecular weight excluding hydrogens is 556 g/mol. The molecule has 0 radical (unpaired) electrons. The molecule has 1 saturated heterocycles. The van der Waals surface area contributed by atoms with Crippen LogP contribution in [0.25, 0.3) is 0 Å². The van der Waals surface area contributed by atoms with Crippen molar-refractivity contribution in [1.82, 2.24) is 0 Å². The molecule has 7 heteroatoms. The molecule has 0 aliphatic carbocycles. The van der Waals surface area contributed by atoms with Gasteiger partial charge in [-0.1, -0.05) is 96.1 Å². The quantitative estimate of drug-likeness (QED) is 0.0423. The highest BCUT2D eigenvalue weighted by molar-refractivity contribution is 5.90. The van der Waals surface area contributed by atoms with Crippen molar-refractivity contribution in [3.05, 3.63) is 23.8 Å². The number of rotatable bonds is 27. The standard InChI is InChI=1S/C37H66O7/c1-3-4-5-6-7-8-9-10-11-12-13-14-15-19-22-33(39)34(40)24-25-35(41)36-26-23-32(44-36)21-18-16-17-20-31(38)28-30-27-29(2)43-37(30)42/h14-15,27,29,31-36,38-41H,3-13,16-26,28H2,1-2H3/t29-,31+,32-,33+,34-,35+,36-/m1/s1. The van der Waals surface area contributed by atoms with Crippen molar-refractivity contribution >= 4 is 5.97 Å². The fourth-order valence-corrected chi connectivity index (χ4v) is 6.46.